The topological polar surface area (TPSA) is 57.9 Å². The van der Waals surface area contributed by atoms with E-state index in [4.69, 9.17) is 5.26 Å². The van der Waals surface area contributed by atoms with Gasteiger partial charge in [0.2, 0.25) is 0 Å². The maximum Gasteiger partial charge on any atom is 0.179 e. The summed E-state index contributed by atoms with van der Waals surface area (Å²) in [6.45, 7) is 2.01. The maximum atomic E-state index is 12.2. The fourth-order valence-electron chi connectivity index (χ4n) is 1.85. The van der Waals surface area contributed by atoms with Crippen molar-refractivity contribution in [1.29, 1.82) is 5.26 Å². The molecule has 108 valence electrons. The maximum absolute atomic E-state index is 12.2. The fourth-order valence-corrected chi connectivity index (χ4v) is 4.57. The van der Waals surface area contributed by atoms with Crippen LogP contribution >= 0.6 is 11.8 Å². The molecule has 0 unspecified atom stereocenters. The van der Waals surface area contributed by atoms with Gasteiger partial charge in [0.1, 0.15) is 0 Å². The van der Waals surface area contributed by atoms with E-state index in [9.17, 15) is 8.42 Å². The molecule has 0 saturated heterocycles. The Morgan fingerprint density at radius 3 is 2.62 bits per heavy atom. The minimum Gasteiger partial charge on any atom is -0.224 e. The van der Waals surface area contributed by atoms with Crippen LogP contribution in [0.1, 0.15) is 11.1 Å². The predicted molar refractivity (Wildman–Crippen MR) is 85.1 cm³/mol. The lowest BCUT2D eigenvalue weighted by molar-refractivity contribution is 0.597. The zero-order valence-electron chi connectivity index (χ0n) is 11.6. The Morgan fingerprint density at radius 2 is 1.90 bits per heavy atom. The molecule has 0 fully saturated rings. The molecule has 0 radical (unpaired) electrons. The molecule has 3 nitrogen and oxygen atoms in total. The minimum absolute atomic E-state index is 0.0560. The van der Waals surface area contributed by atoms with Gasteiger partial charge in [-0.05, 0) is 37.3 Å². The summed E-state index contributed by atoms with van der Waals surface area (Å²) in [5.41, 5.74) is 1.52. The summed E-state index contributed by atoms with van der Waals surface area (Å²) in [6, 6.07) is 16.1. The minimum atomic E-state index is -3.35. The van der Waals surface area contributed by atoms with Gasteiger partial charge in [0.25, 0.3) is 0 Å². The third-order valence-electron chi connectivity index (χ3n) is 2.93. The molecule has 2 aromatic rings. The average molecular weight is 317 g/mol. The molecule has 2 aromatic carbocycles. The van der Waals surface area contributed by atoms with Crippen molar-refractivity contribution in [2.24, 2.45) is 0 Å². The summed E-state index contributed by atoms with van der Waals surface area (Å²) in [7, 11) is -3.35. The number of hydrogen-bond acceptors (Lipinski definition) is 4. The van der Waals surface area contributed by atoms with Gasteiger partial charge in [0.15, 0.2) is 9.84 Å². The van der Waals surface area contributed by atoms with Crippen LogP contribution < -0.4 is 0 Å². The number of nitrogens with zero attached hydrogens (tertiary/aromatic N) is 1. The number of nitriles is 1. The summed E-state index contributed by atoms with van der Waals surface area (Å²) in [5.74, 6) is 0.545. The normalized spacial score (nSPS) is 11.0. The van der Waals surface area contributed by atoms with E-state index in [-0.39, 0.29) is 10.6 Å². The highest BCUT2D eigenvalue weighted by molar-refractivity contribution is 8.00. The van der Waals surface area contributed by atoms with Crippen molar-refractivity contribution in [3.8, 4) is 6.07 Å². The van der Waals surface area contributed by atoms with Crippen molar-refractivity contribution in [3.63, 3.8) is 0 Å². The van der Waals surface area contributed by atoms with E-state index in [0.717, 1.165) is 10.5 Å². The van der Waals surface area contributed by atoms with Crippen LogP contribution in [-0.4, -0.2) is 19.9 Å². The van der Waals surface area contributed by atoms with Gasteiger partial charge in [0, 0.05) is 10.6 Å². The lowest BCUT2D eigenvalue weighted by Gasteiger charge is -2.05. The second-order valence-electron chi connectivity index (χ2n) is 4.62. The van der Waals surface area contributed by atoms with Gasteiger partial charge in [0.05, 0.1) is 22.3 Å². The Hall–Kier alpha value is -1.77. The van der Waals surface area contributed by atoms with Crippen molar-refractivity contribution in [3.05, 3.63) is 59.7 Å². The van der Waals surface area contributed by atoms with Gasteiger partial charge in [-0.3, -0.25) is 0 Å². The molecule has 5 heteroatoms. The van der Waals surface area contributed by atoms with Gasteiger partial charge < -0.3 is 0 Å². The number of sulfone groups is 1. The first-order chi connectivity index (χ1) is 10.0. The molecule has 0 N–H and O–H groups in total. The highest BCUT2D eigenvalue weighted by atomic mass is 32.2. The molecule has 0 spiro atoms. The smallest absolute Gasteiger partial charge is 0.179 e. The molecule has 21 heavy (non-hydrogen) atoms. The molecule has 0 saturated carbocycles. The van der Waals surface area contributed by atoms with Crippen LogP contribution in [-0.2, 0) is 9.84 Å². The van der Waals surface area contributed by atoms with Gasteiger partial charge in [-0.25, -0.2) is 8.42 Å². The van der Waals surface area contributed by atoms with E-state index >= 15 is 0 Å². The van der Waals surface area contributed by atoms with Crippen molar-refractivity contribution >= 4 is 21.6 Å². The molecule has 0 bridgehead atoms. The van der Waals surface area contributed by atoms with E-state index in [1.165, 1.54) is 23.9 Å². The van der Waals surface area contributed by atoms with Crippen LogP contribution in [0.5, 0.6) is 0 Å². The Labute approximate surface area is 129 Å². The molecule has 0 aliphatic rings. The summed E-state index contributed by atoms with van der Waals surface area (Å²) < 4.78 is 24.5. The Bertz CT molecular complexity index is 777. The lowest BCUT2D eigenvalue weighted by atomic mass is 10.2. The highest BCUT2D eigenvalue weighted by Gasteiger charge is 2.14. The molecule has 0 aromatic heterocycles. The second kappa shape index (κ2) is 6.79. The van der Waals surface area contributed by atoms with E-state index in [1.54, 1.807) is 12.1 Å². The second-order valence-corrected chi connectivity index (χ2v) is 7.90. The zero-order valence-corrected chi connectivity index (χ0v) is 13.2. The first-order valence-corrected chi connectivity index (χ1v) is 9.07. The molecule has 0 heterocycles. The molecular formula is C16H15NO2S2. The SMILES string of the molecule is Cc1cccc(SCCS(=O)(=O)c2cccc(C#N)c2)c1. The summed E-state index contributed by atoms with van der Waals surface area (Å²) in [6.07, 6.45) is 0. The predicted octanol–water partition coefficient (Wildman–Crippen LogP) is 3.43. The zero-order chi connectivity index (χ0) is 15.3. The van der Waals surface area contributed by atoms with E-state index < -0.39 is 9.84 Å². The third kappa shape index (κ3) is 4.35. The first-order valence-electron chi connectivity index (χ1n) is 6.44. The largest absolute Gasteiger partial charge is 0.224 e. The van der Waals surface area contributed by atoms with Crippen LogP contribution in [0.15, 0.2) is 58.3 Å². The van der Waals surface area contributed by atoms with Crippen LogP contribution in [0.2, 0.25) is 0 Å². The van der Waals surface area contributed by atoms with Crippen LogP contribution in [0.3, 0.4) is 0 Å². The molecular weight excluding hydrogens is 302 g/mol. The Morgan fingerprint density at radius 1 is 1.14 bits per heavy atom. The Balaban J connectivity index is 2.03. The molecule has 0 atom stereocenters. The highest BCUT2D eigenvalue weighted by Crippen LogP contribution is 2.21. The average Bonchev–Trinajstić information content (AvgIpc) is 2.47. The third-order valence-corrected chi connectivity index (χ3v) is 5.90. The van der Waals surface area contributed by atoms with Crippen LogP contribution in [0.4, 0.5) is 0 Å². The number of rotatable bonds is 5. The van der Waals surface area contributed by atoms with Crippen LogP contribution in [0.25, 0.3) is 0 Å². The van der Waals surface area contributed by atoms with Gasteiger partial charge in [-0.15, -0.1) is 11.8 Å². The number of aryl methyl sites for hydroxylation is 1. The van der Waals surface area contributed by atoms with E-state index in [1.807, 2.05) is 37.3 Å². The number of hydrogen-bond donors (Lipinski definition) is 0. The van der Waals surface area contributed by atoms with Gasteiger partial charge in [-0.1, -0.05) is 23.8 Å². The molecule has 0 aliphatic heterocycles. The Kier molecular flexibility index (Phi) is 5.05. The standard InChI is InChI=1S/C16H15NO2S2/c1-13-4-2-6-15(10-13)20-8-9-21(18,19)16-7-3-5-14(11-16)12-17/h2-7,10-11H,8-9H2,1H3. The van der Waals surface area contributed by atoms with E-state index in [2.05, 4.69) is 0 Å². The van der Waals surface area contributed by atoms with Crippen molar-refractivity contribution in [2.75, 3.05) is 11.5 Å². The van der Waals surface area contributed by atoms with Crippen molar-refractivity contribution < 1.29 is 8.42 Å². The summed E-state index contributed by atoms with van der Waals surface area (Å²) >= 11 is 1.52. The number of benzene rings is 2. The lowest BCUT2D eigenvalue weighted by Crippen LogP contribution is -2.09. The van der Waals surface area contributed by atoms with Crippen molar-refractivity contribution in [2.45, 2.75) is 16.7 Å². The first kappa shape index (κ1) is 15.6. The molecule has 0 aliphatic carbocycles. The summed E-state index contributed by atoms with van der Waals surface area (Å²) in [5, 5.41) is 8.83. The van der Waals surface area contributed by atoms with Gasteiger partial charge in [-0.2, -0.15) is 5.26 Å². The van der Waals surface area contributed by atoms with Crippen LogP contribution in [0, 0.1) is 18.3 Å². The quantitative estimate of drug-likeness (QED) is 0.793. The summed E-state index contributed by atoms with van der Waals surface area (Å²) in [4.78, 5) is 1.28. The van der Waals surface area contributed by atoms with E-state index in [0.29, 0.717) is 11.3 Å². The van der Waals surface area contributed by atoms with Crippen molar-refractivity contribution in [1.82, 2.24) is 0 Å². The monoisotopic (exact) mass is 317 g/mol. The molecule has 0 amide bonds. The van der Waals surface area contributed by atoms with Gasteiger partial charge >= 0.3 is 0 Å². The fraction of sp³-hybridized carbons (Fsp3) is 0.188. The number of thioether (sulfide) groups is 1. The molecule has 2 rings (SSSR count).